The number of hydrogen-bond donors (Lipinski definition) is 0. The fraction of sp³-hybridized carbons (Fsp3) is 1.00. The summed E-state index contributed by atoms with van der Waals surface area (Å²) in [5.74, 6) is 0. The summed E-state index contributed by atoms with van der Waals surface area (Å²) < 4.78 is 10.4. The lowest BCUT2D eigenvalue weighted by Gasteiger charge is -2.02. The van der Waals surface area contributed by atoms with Gasteiger partial charge in [0, 0.05) is 13.2 Å². The van der Waals surface area contributed by atoms with E-state index in [4.69, 9.17) is 9.47 Å². The van der Waals surface area contributed by atoms with E-state index in [1.807, 2.05) is 0 Å². The van der Waals surface area contributed by atoms with E-state index in [0.29, 0.717) is 0 Å². The van der Waals surface area contributed by atoms with Crippen molar-refractivity contribution in [3.05, 3.63) is 0 Å². The van der Waals surface area contributed by atoms with Crippen molar-refractivity contribution < 1.29 is 9.47 Å². The highest BCUT2D eigenvalue weighted by Gasteiger charge is 1.85. The molecule has 0 rings (SSSR count). The summed E-state index contributed by atoms with van der Waals surface area (Å²) in [4.78, 5) is 0. The zero-order chi connectivity index (χ0) is 7.66. The van der Waals surface area contributed by atoms with Gasteiger partial charge in [-0.2, -0.15) is 0 Å². The van der Waals surface area contributed by atoms with Crippen LogP contribution in [0.25, 0.3) is 0 Å². The third-order valence-corrected chi connectivity index (χ3v) is 1.07. The molecule has 2 nitrogen and oxygen atoms in total. The highest BCUT2D eigenvalue weighted by atomic mass is 16.5. The second-order valence-electron chi connectivity index (χ2n) is 2.22. The lowest BCUT2D eigenvalue weighted by molar-refractivity contribution is 0.0483. The van der Waals surface area contributed by atoms with Gasteiger partial charge >= 0.3 is 0 Å². The molecule has 0 radical (unpaired) electrons. The largest absolute Gasteiger partial charge is 0.379 e. The predicted molar refractivity (Wildman–Crippen MR) is 42.2 cm³/mol. The summed E-state index contributed by atoms with van der Waals surface area (Å²) in [6.45, 7) is 7.41. The molecule has 0 atom stereocenters. The molecule has 62 valence electrons. The molecule has 0 fully saturated rings. The van der Waals surface area contributed by atoms with Crippen LogP contribution >= 0.6 is 0 Å². The second-order valence-corrected chi connectivity index (χ2v) is 2.22. The molecule has 0 aromatic heterocycles. The Morgan fingerprint density at radius 1 is 0.700 bits per heavy atom. The molecule has 0 saturated carbocycles. The summed E-state index contributed by atoms with van der Waals surface area (Å²) in [7, 11) is 0. The van der Waals surface area contributed by atoms with Gasteiger partial charge in [-0.3, -0.25) is 0 Å². The molecule has 0 saturated heterocycles. The topological polar surface area (TPSA) is 18.5 Å². The van der Waals surface area contributed by atoms with Gasteiger partial charge in [-0.05, 0) is 12.8 Å². The van der Waals surface area contributed by atoms with E-state index in [0.717, 1.165) is 39.3 Å². The van der Waals surface area contributed by atoms with Crippen molar-refractivity contribution in [2.45, 2.75) is 26.7 Å². The predicted octanol–water partition coefficient (Wildman–Crippen LogP) is 1.84. The molecule has 0 spiro atoms. The summed E-state index contributed by atoms with van der Waals surface area (Å²) in [6.07, 6.45) is 2.18. The van der Waals surface area contributed by atoms with Crippen molar-refractivity contribution in [3.8, 4) is 0 Å². The van der Waals surface area contributed by atoms with Crippen LogP contribution in [0.5, 0.6) is 0 Å². The molecule has 0 heterocycles. The Kier molecular flexibility index (Phi) is 8.85. The molecule has 0 aromatic rings. The lowest BCUT2D eigenvalue weighted by Crippen LogP contribution is -2.04. The Hall–Kier alpha value is -0.0800. The second kappa shape index (κ2) is 8.92. The van der Waals surface area contributed by atoms with Crippen LogP contribution in [0.4, 0.5) is 0 Å². The van der Waals surface area contributed by atoms with Gasteiger partial charge in [0.1, 0.15) is 0 Å². The fourth-order valence-electron chi connectivity index (χ4n) is 0.611. The number of hydrogen-bond acceptors (Lipinski definition) is 2. The number of rotatable bonds is 7. The smallest absolute Gasteiger partial charge is 0.0700 e. The quantitative estimate of drug-likeness (QED) is 0.510. The molecule has 0 amide bonds. The van der Waals surface area contributed by atoms with Gasteiger partial charge in [-0.25, -0.2) is 0 Å². The summed E-state index contributed by atoms with van der Waals surface area (Å²) in [5.41, 5.74) is 0. The van der Waals surface area contributed by atoms with Gasteiger partial charge in [0.2, 0.25) is 0 Å². The molecule has 2 heteroatoms. The Bertz CT molecular complexity index is 47.2. The molecular weight excluding hydrogens is 128 g/mol. The van der Waals surface area contributed by atoms with Crippen LogP contribution in [0.3, 0.4) is 0 Å². The van der Waals surface area contributed by atoms with Crippen molar-refractivity contribution in [1.82, 2.24) is 0 Å². The van der Waals surface area contributed by atoms with Crippen LogP contribution < -0.4 is 0 Å². The minimum atomic E-state index is 0.744. The van der Waals surface area contributed by atoms with Crippen molar-refractivity contribution in [3.63, 3.8) is 0 Å². The maximum atomic E-state index is 5.20. The third-order valence-electron chi connectivity index (χ3n) is 1.07. The zero-order valence-electron chi connectivity index (χ0n) is 7.06. The number of ether oxygens (including phenoxy) is 2. The van der Waals surface area contributed by atoms with Crippen molar-refractivity contribution in [1.29, 1.82) is 0 Å². The standard InChI is InChI=1S/C8H18O2/c1-3-5-9-7-8-10-6-4-2/h3-8H2,1-2H3. The average Bonchev–Trinajstić information content (AvgIpc) is 1.97. The molecule has 0 aliphatic rings. The maximum Gasteiger partial charge on any atom is 0.0700 e. The molecule has 0 bridgehead atoms. The third kappa shape index (κ3) is 7.92. The first-order chi connectivity index (χ1) is 4.91. The van der Waals surface area contributed by atoms with E-state index < -0.39 is 0 Å². The van der Waals surface area contributed by atoms with Crippen LogP contribution in [0, 0.1) is 0 Å². The van der Waals surface area contributed by atoms with E-state index in [9.17, 15) is 0 Å². The molecule has 0 aliphatic heterocycles. The molecule has 10 heavy (non-hydrogen) atoms. The summed E-state index contributed by atoms with van der Waals surface area (Å²) >= 11 is 0. The lowest BCUT2D eigenvalue weighted by atomic mass is 10.5. The van der Waals surface area contributed by atoms with Gasteiger partial charge in [-0.15, -0.1) is 0 Å². The van der Waals surface area contributed by atoms with E-state index in [-0.39, 0.29) is 0 Å². The SMILES string of the molecule is CCCOCCOCCC. The fourth-order valence-corrected chi connectivity index (χ4v) is 0.611. The van der Waals surface area contributed by atoms with E-state index in [2.05, 4.69) is 13.8 Å². The van der Waals surface area contributed by atoms with E-state index in [1.54, 1.807) is 0 Å². The van der Waals surface area contributed by atoms with Crippen LogP contribution in [-0.4, -0.2) is 26.4 Å². The minimum absolute atomic E-state index is 0.744. The Morgan fingerprint density at radius 3 is 1.40 bits per heavy atom. The first kappa shape index (κ1) is 9.92. The van der Waals surface area contributed by atoms with Crippen molar-refractivity contribution >= 4 is 0 Å². The van der Waals surface area contributed by atoms with Crippen molar-refractivity contribution in [2.24, 2.45) is 0 Å². The van der Waals surface area contributed by atoms with Crippen LogP contribution in [0.15, 0.2) is 0 Å². The van der Waals surface area contributed by atoms with Gasteiger partial charge < -0.3 is 9.47 Å². The first-order valence-corrected chi connectivity index (χ1v) is 4.07. The van der Waals surface area contributed by atoms with Gasteiger partial charge in [0.15, 0.2) is 0 Å². The Morgan fingerprint density at radius 2 is 1.10 bits per heavy atom. The Balaban J connectivity index is 2.65. The minimum Gasteiger partial charge on any atom is -0.379 e. The van der Waals surface area contributed by atoms with Crippen LogP contribution in [-0.2, 0) is 9.47 Å². The Labute approximate surface area is 63.5 Å². The van der Waals surface area contributed by atoms with Gasteiger partial charge in [0.05, 0.1) is 13.2 Å². The van der Waals surface area contributed by atoms with Crippen molar-refractivity contribution in [2.75, 3.05) is 26.4 Å². The molecule has 0 N–H and O–H groups in total. The summed E-state index contributed by atoms with van der Waals surface area (Å²) in [6, 6.07) is 0. The molecular formula is C8H18O2. The highest BCUT2D eigenvalue weighted by Crippen LogP contribution is 1.83. The molecule has 0 aliphatic carbocycles. The highest BCUT2D eigenvalue weighted by molar-refractivity contribution is 4.30. The maximum absolute atomic E-state index is 5.20. The summed E-state index contributed by atoms with van der Waals surface area (Å²) in [5, 5.41) is 0. The first-order valence-electron chi connectivity index (χ1n) is 4.07. The normalized spacial score (nSPS) is 10.2. The van der Waals surface area contributed by atoms with Gasteiger partial charge in [-0.1, -0.05) is 13.8 Å². The van der Waals surface area contributed by atoms with Gasteiger partial charge in [0.25, 0.3) is 0 Å². The average molecular weight is 146 g/mol. The van der Waals surface area contributed by atoms with Crippen LogP contribution in [0.2, 0.25) is 0 Å². The van der Waals surface area contributed by atoms with E-state index >= 15 is 0 Å². The van der Waals surface area contributed by atoms with Crippen LogP contribution in [0.1, 0.15) is 26.7 Å². The molecule has 0 aromatic carbocycles. The van der Waals surface area contributed by atoms with E-state index in [1.165, 1.54) is 0 Å². The molecule has 0 unspecified atom stereocenters. The monoisotopic (exact) mass is 146 g/mol. The zero-order valence-corrected chi connectivity index (χ0v) is 7.06.